The van der Waals surface area contributed by atoms with Crippen molar-refractivity contribution in [2.45, 2.75) is 13.1 Å². The van der Waals surface area contributed by atoms with Crippen molar-refractivity contribution in [3.8, 4) is 0 Å². The quantitative estimate of drug-likeness (QED) is 0.457. The van der Waals surface area contributed by atoms with Crippen LogP contribution in [0.25, 0.3) is 6.08 Å². The van der Waals surface area contributed by atoms with E-state index in [0.29, 0.717) is 11.3 Å². The Balaban J connectivity index is 1.85. The first kappa shape index (κ1) is 20.9. The fourth-order valence-corrected chi connectivity index (χ4v) is 2.15. The first-order chi connectivity index (χ1) is 13.1. The van der Waals surface area contributed by atoms with Crippen LogP contribution in [0.3, 0.4) is 0 Å². The van der Waals surface area contributed by atoms with Crippen LogP contribution in [0, 0.1) is 0 Å². The number of hydrogen-bond acceptors (Lipinski definition) is 4. The van der Waals surface area contributed by atoms with Crippen LogP contribution in [0.1, 0.15) is 28.4 Å². The number of Topliss-reactive ketones (excluding diaryl/α,β-unsaturated/α-hetero) is 1. The van der Waals surface area contributed by atoms with Crippen LogP contribution in [0.4, 0.5) is 18.9 Å². The van der Waals surface area contributed by atoms with Gasteiger partial charge in [-0.2, -0.15) is 13.2 Å². The largest absolute Gasteiger partial charge is 0.452 e. The summed E-state index contributed by atoms with van der Waals surface area (Å²) in [4.78, 5) is 34.6. The molecule has 2 aromatic rings. The Morgan fingerprint density at radius 1 is 1.07 bits per heavy atom. The summed E-state index contributed by atoms with van der Waals surface area (Å²) < 4.78 is 42.7. The second-order valence-corrected chi connectivity index (χ2v) is 5.75. The summed E-state index contributed by atoms with van der Waals surface area (Å²) in [6.07, 6.45) is -2.38. The predicted octanol–water partition coefficient (Wildman–Crippen LogP) is 4.10. The molecule has 0 heterocycles. The van der Waals surface area contributed by atoms with Crippen LogP contribution in [0.15, 0.2) is 54.6 Å². The lowest BCUT2D eigenvalue weighted by atomic mass is 10.1. The SMILES string of the molecule is CC(=O)c1ccc(NC(=O)COC(=O)C=Cc2cccc(C(F)(F)F)c2)cc1. The van der Waals surface area contributed by atoms with Gasteiger partial charge < -0.3 is 10.1 Å². The van der Waals surface area contributed by atoms with Gasteiger partial charge in [0.1, 0.15) is 0 Å². The average Bonchev–Trinajstić information content (AvgIpc) is 2.64. The smallest absolute Gasteiger partial charge is 0.416 e. The number of benzene rings is 2. The molecule has 2 rings (SSSR count). The normalized spacial score (nSPS) is 11.3. The lowest BCUT2D eigenvalue weighted by Gasteiger charge is -2.07. The van der Waals surface area contributed by atoms with Crippen molar-refractivity contribution in [2.24, 2.45) is 0 Å². The van der Waals surface area contributed by atoms with E-state index in [1.165, 1.54) is 31.2 Å². The van der Waals surface area contributed by atoms with Gasteiger partial charge in [-0.3, -0.25) is 9.59 Å². The van der Waals surface area contributed by atoms with E-state index in [9.17, 15) is 27.6 Å². The fourth-order valence-electron chi connectivity index (χ4n) is 2.15. The van der Waals surface area contributed by atoms with E-state index in [2.05, 4.69) is 5.32 Å². The molecule has 2 aromatic carbocycles. The number of anilines is 1. The molecule has 0 fully saturated rings. The van der Waals surface area contributed by atoms with Crippen molar-refractivity contribution in [3.05, 3.63) is 71.3 Å². The molecule has 0 aliphatic rings. The van der Waals surface area contributed by atoms with Crippen LogP contribution in [-0.2, 0) is 20.5 Å². The molecule has 8 heteroatoms. The molecule has 0 bridgehead atoms. The molecular weight excluding hydrogens is 375 g/mol. The average molecular weight is 391 g/mol. The molecule has 1 N–H and O–H groups in total. The van der Waals surface area contributed by atoms with Crippen LogP contribution in [0.2, 0.25) is 0 Å². The number of ketones is 1. The van der Waals surface area contributed by atoms with Crippen molar-refractivity contribution >= 4 is 29.4 Å². The van der Waals surface area contributed by atoms with Crippen molar-refractivity contribution in [1.82, 2.24) is 0 Å². The number of halogens is 3. The van der Waals surface area contributed by atoms with Gasteiger partial charge in [0.15, 0.2) is 12.4 Å². The van der Waals surface area contributed by atoms with Crippen LogP contribution >= 0.6 is 0 Å². The van der Waals surface area contributed by atoms with Crippen LogP contribution in [-0.4, -0.2) is 24.3 Å². The Hall–Kier alpha value is -3.42. The first-order valence-electron chi connectivity index (χ1n) is 8.08. The number of ether oxygens (including phenoxy) is 1. The van der Waals surface area contributed by atoms with Gasteiger partial charge in [0.25, 0.3) is 5.91 Å². The van der Waals surface area contributed by atoms with E-state index in [1.807, 2.05) is 0 Å². The Kier molecular flexibility index (Phi) is 6.70. The highest BCUT2D eigenvalue weighted by Crippen LogP contribution is 2.29. The highest BCUT2D eigenvalue weighted by atomic mass is 19.4. The number of alkyl halides is 3. The molecule has 0 unspecified atom stereocenters. The summed E-state index contributed by atoms with van der Waals surface area (Å²) in [6.45, 7) is 0.847. The van der Waals surface area contributed by atoms with E-state index in [1.54, 1.807) is 12.1 Å². The Morgan fingerprint density at radius 2 is 1.75 bits per heavy atom. The molecular formula is C20H16F3NO4. The summed E-state index contributed by atoms with van der Waals surface area (Å²) in [6, 6.07) is 10.6. The zero-order valence-corrected chi connectivity index (χ0v) is 14.7. The molecule has 0 aromatic heterocycles. The Morgan fingerprint density at radius 3 is 2.36 bits per heavy atom. The highest BCUT2D eigenvalue weighted by molar-refractivity contribution is 5.96. The van der Waals surface area contributed by atoms with E-state index >= 15 is 0 Å². The molecule has 0 saturated carbocycles. The summed E-state index contributed by atoms with van der Waals surface area (Å²) in [5, 5.41) is 2.48. The van der Waals surface area contributed by atoms with Crippen LogP contribution in [0.5, 0.6) is 0 Å². The van der Waals surface area contributed by atoms with E-state index in [0.717, 1.165) is 24.3 Å². The van der Waals surface area contributed by atoms with Gasteiger partial charge in [-0.15, -0.1) is 0 Å². The zero-order chi connectivity index (χ0) is 20.7. The van der Waals surface area contributed by atoms with Crippen molar-refractivity contribution in [3.63, 3.8) is 0 Å². The summed E-state index contributed by atoms with van der Waals surface area (Å²) in [5.41, 5.74) is 0.245. The zero-order valence-electron chi connectivity index (χ0n) is 14.7. The van der Waals surface area contributed by atoms with Crippen molar-refractivity contribution in [2.75, 3.05) is 11.9 Å². The van der Waals surface area contributed by atoms with E-state index in [4.69, 9.17) is 4.74 Å². The number of carbonyl (C=O) groups is 3. The molecule has 5 nitrogen and oxygen atoms in total. The number of hydrogen-bond donors (Lipinski definition) is 1. The van der Waals surface area contributed by atoms with Crippen LogP contribution < -0.4 is 5.32 Å². The lowest BCUT2D eigenvalue weighted by molar-refractivity contribution is -0.142. The maximum absolute atomic E-state index is 12.6. The third-order valence-corrected chi connectivity index (χ3v) is 3.55. The number of rotatable bonds is 6. The fraction of sp³-hybridized carbons (Fsp3) is 0.150. The number of nitrogens with one attached hydrogen (secondary N) is 1. The van der Waals surface area contributed by atoms with Gasteiger partial charge in [-0.05, 0) is 55.0 Å². The standard InChI is InChI=1S/C20H16F3NO4/c1-13(25)15-6-8-17(9-7-15)24-18(26)12-28-19(27)10-5-14-3-2-4-16(11-14)20(21,22)23/h2-11H,12H2,1H3,(H,24,26). The lowest BCUT2D eigenvalue weighted by Crippen LogP contribution is -2.20. The minimum absolute atomic E-state index is 0.112. The molecule has 0 radical (unpaired) electrons. The third kappa shape index (κ3) is 6.39. The summed E-state index contributed by atoms with van der Waals surface area (Å²) >= 11 is 0. The summed E-state index contributed by atoms with van der Waals surface area (Å²) in [5.74, 6) is -1.59. The minimum atomic E-state index is -4.48. The maximum atomic E-state index is 12.6. The van der Waals surface area contributed by atoms with Gasteiger partial charge in [0.05, 0.1) is 5.56 Å². The molecule has 28 heavy (non-hydrogen) atoms. The van der Waals surface area contributed by atoms with Crippen molar-refractivity contribution < 1.29 is 32.3 Å². The van der Waals surface area contributed by atoms with Gasteiger partial charge in [-0.25, -0.2) is 4.79 Å². The minimum Gasteiger partial charge on any atom is -0.452 e. The predicted molar refractivity (Wildman–Crippen MR) is 96.5 cm³/mol. The maximum Gasteiger partial charge on any atom is 0.416 e. The number of carbonyl (C=O) groups excluding carboxylic acids is 3. The Labute approximate surface area is 158 Å². The second kappa shape index (κ2) is 8.98. The first-order valence-corrected chi connectivity index (χ1v) is 8.08. The third-order valence-electron chi connectivity index (χ3n) is 3.55. The topological polar surface area (TPSA) is 72.5 Å². The van der Waals surface area contributed by atoms with Crippen molar-refractivity contribution in [1.29, 1.82) is 0 Å². The summed E-state index contributed by atoms with van der Waals surface area (Å²) in [7, 11) is 0. The molecule has 0 aliphatic carbocycles. The molecule has 146 valence electrons. The number of esters is 1. The van der Waals surface area contributed by atoms with Gasteiger partial charge in [0, 0.05) is 17.3 Å². The van der Waals surface area contributed by atoms with E-state index < -0.39 is 30.2 Å². The highest BCUT2D eigenvalue weighted by Gasteiger charge is 2.30. The van der Waals surface area contributed by atoms with Gasteiger partial charge in [-0.1, -0.05) is 12.1 Å². The monoisotopic (exact) mass is 391 g/mol. The molecule has 0 aliphatic heterocycles. The van der Waals surface area contributed by atoms with Gasteiger partial charge in [0.2, 0.25) is 0 Å². The number of amides is 1. The molecule has 0 atom stereocenters. The molecule has 0 spiro atoms. The second-order valence-electron chi connectivity index (χ2n) is 5.75. The molecule has 1 amide bonds. The van der Waals surface area contributed by atoms with E-state index in [-0.39, 0.29) is 11.3 Å². The Bertz CT molecular complexity index is 902. The molecule has 0 saturated heterocycles. The van der Waals surface area contributed by atoms with Gasteiger partial charge >= 0.3 is 12.1 Å².